The monoisotopic (exact) mass is 382 g/mol. The number of hydrogen-bond donors (Lipinski definition) is 2. The van der Waals surface area contributed by atoms with Gasteiger partial charge in [-0.2, -0.15) is 0 Å². The molecule has 2 N–H and O–H groups in total. The van der Waals surface area contributed by atoms with E-state index in [1.54, 1.807) is 6.20 Å². The van der Waals surface area contributed by atoms with Crippen molar-refractivity contribution in [3.05, 3.63) is 53.6 Å². The molecule has 2 aliphatic heterocycles. The number of benzene rings is 1. The number of piperidine rings is 2. The van der Waals surface area contributed by atoms with Crippen LogP contribution in [0.25, 0.3) is 0 Å². The van der Waals surface area contributed by atoms with Crippen molar-refractivity contribution >= 4 is 5.91 Å². The van der Waals surface area contributed by atoms with Gasteiger partial charge in [-0.25, -0.2) is 4.98 Å². The zero-order chi connectivity index (χ0) is 19.6. The molecule has 0 bridgehead atoms. The molecule has 1 amide bonds. The van der Waals surface area contributed by atoms with Gasteiger partial charge in [0.15, 0.2) is 0 Å². The summed E-state index contributed by atoms with van der Waals surface area (Å²) in [4.78, 5) is 24.0. The topological polar surface area (TPSA) is 72.5 Å². The van der Waals surface area contributed by atoms with Gasteiger partial charge in [0.2, 0.25) is 0 Å². The third kappa shape index (κ3) is 3.84. The Kier molecular flexibility index (Phi) is 5.51. The van der Waals surface area contributed by atoms with Gasteiger partial charge in [-0.15, -0.1) is 0 Å². The van der Waals surface area contributed by atoms with Gasteiger partial charge in [-0.3, -0.25) is 9.69 Å². The molecule has 0 radical (unpaired) electrons. The third-order valence-corrected chi connectivity index (χ3v) is 6.43. The molecule has 2 atom stereocenters. The van der Waals surface area contributed by atoms with Crippen LogP contribution in [0.15, 0.2) is 36.8 Å². The Balaban J connectivity index is 1.46. The van der Waals surface area contributed by atoms with Crippen molar-refractivity contribution < 1.29 is 9.90 Å². The van der Waals surface area contributed by atoms with Gasteiger partial charge in [0.1, 0.15) is 5.69 Å². The number of likely N-dealkylation sites (tertiary alicyclic amines) is 2. The minimum atomic E-state index is -0.358. The maximum Gasteiger partial charge on any atom is 0.271 e. The summed E-state index contributed by atoms with van der Waals surface area (Å²) in [5, 5.41) is 10.9. The SMILES string of the molecule is CCc1ccc(CN2CC[C@@H](O)[C@]3(CCCN(C(=O)c4cnc[nH]4)C3)C2)cc1. The van der Waals surface area contributed by atoms with Crippen molar-refractivity contribution in [1.82, 2.24) is 19.8 Å². The van der Waals surface area contributed by atoms with Crippen molar-refractivity contribution in [3.63, 3.8) is 0 Å². The number of aryl methyl sites for hydroxylation is 1. The van der Waals surface area contributed by atoms with E-state index in [1.165, 1.54) is 17.5 Å². The molecule has 4 rings (SSSR count). The van der Waals surface area contributed by atoms with Crippen LogP contribution in [-0.2, 0) is 13.0 Å². The van der Waals surface area contributed by atoms with Gasteiger partial charge in [0.25, 0.3) is 5.91 Å². The molecule has 0 saturated carbocycles. The summed E-state index contributed by atoms with van der Waals surface area (Å²) in [5.74, 6) is -0.0175. The summed E-state index contributed by atoms with van der Waals surface area (Å²) >= 11 is 0. The first kappa shape index (κ1) is 19.2. The molecule has 2 aromatic rings. The van der Waals surface area contributed by atoms with Gasteiger partial charge in [-0.1, -0.05) is 31.2 Å². The average molecular weight is 383 g/mol. The third-order valence-electron chi connectivity index (χ3n) is 6.43. The summed E-state index contributed by atoms with van der Waals surface area (Å²) in [5.41, 5.74) is 2.95. The standard InChI is InChI=1S/C22H30N4O2/c1-2-17-4-6-18(7-5-17)13-25-11-8-20(27)22(14-25)9-3-10-26(15-22)21(28)19-12-23-16-24-19/h4-7,12,16,20,27H,2-3,8-11,13-15H2,1H3,(H,23,24)/t20-,22-/m1/s1. The molecule has 2 aliphatic rings. The fourth-order valence-corrected chi connectivity index (χ4v) is 4.79. The second kappa shape index (κ2) is 8.05. The number of nitrogens with one attached hydrogen (secondary N) is 1. The summed E-state index contributed by atoms with van der Waals surface area (Å²) in [7, 11) is 0. The van der Waals surface area contributed by atoms with E-state index in [2.05, 4.69) is 46.1 Å². The van der Waals surface area contributed by atoms with E-state index in [9.17, 15) is 9.90 Å². The molecule has 28 heavy (non-hydrogen) atoms. The zero-order valence-electron chi connectivity index (χ0n) is 16.6. The number of aliphatic hydroxyl groups is 1. The van der Waals surface area contributed by atoms with Crippen LogP contribution in [0, 0.1) is 5.41 Å². The van der Waals surface area contributed by atoms with E-state index in [1.807, 2.05) is 4.90 Å². The van der Waals surface area contributed by atoms with Gasteiger partial charge in [0.05, 0.1) is 18.6 Å². The lowest BCUT2D eigenvalue weighted by Crippen LogP contribution is -2.59. The van der Waals surface area contributed by atoms with Gasteiger partial charge in [-0.05, 0) is 36.8 Å². The molecule has 6 nitrogen and oxygen atoms in total. The number of hydrogen-bond acceptors (Lipinski definition) is 4. The van der Waals surface area contributed by atoms with Crippen LogP contribution in [0.4, 0.5) is 0 Å². The number of H-pyrrole nitrogens is 1. The highest BCUT2D eigenvalue weighted by atomic mass is 16.3. The Morgan fingerprint density at radius 2 is 2.04 bits per heavy atom. The molecule has 2 saturated heterocycles. The largest absolute Gasteiger partial charge is 0.392 e. The molecule has 3 heterocycles. The number of imidazole rings is 1. The molecule has 2 fully saturated rings. The summed E-state index contributed by atoms with van der Waals surface area (Å²) in [6, 6.07) is 8.83. The fraction of sp³-hybridized carbons (Fsp3) is 0.545. The summed E-state index contributed by atoms with van der Waals surface area (Å²) in [6.07, 6.45) is 6.46. The first-order valence-corrected chi connectivity index (χ1v) is 10.4. The Labute approximate surface area is 166 Å². The van der Waals surface area contributed by atoms with Gasteiger partial charge < -0.3 is 15.0 Å². The van der Waals surface area contributed by atoms with E-state index in [4.69, 9.17) is 0 Å². The van der Waals surface area contributed by atoms with Crippen molar-refractivity contribution in [2.24, 2.45) is 5.41 Å². The maximum atomic E-state index is 12.8. The van der Waals surface area contributed by atoms with Crippen molar-refractivity contribution in [2.45, 2.75) is 45.3 Å². The van der Waals surface area contributed by atoms with E-state index in [-0.39, 0.29) is 17.4 Å². The predicted octanol–water partition coefficient (Wildman–Crippen LogP) is 2.46. The molecular weight excluding hydrogens is 352 g/mol. The molecule has 6 heteroatoms. The zero-order valence-corrected chi connectivity index (χ0v) is 16.6. The quantitative estimate of drug-likeness (QED) is 0.852. The normalized spacial score (nSPS) is 25.9. The number of aromatic amines is 1. The van der Waals surface area contributed by atoms with E-state index in [0.29, 0.717) is 12.2 Å². The fourth-order valence-electron chi connectivity index (χ4n) is 4.79. The first-order chi connectivity index (χ1) is 13.6. The molecule has 1 aromatic heterocycles. The lowest BCUT2D eigenvalue weighted by atomic mass is 9.71. The van der Waals surface area contributed by atoms with Crippen LogP contribution in [0.5, 0.6) is 0 Å². The minimum Gasteiger partial charge on any atom is -0.392 e. The number of rotatable bonds is 4. The van der Waals surface area contributed by atoms with Crippen LogP contribution >= 0.6 is 0 Å². The van der Waals surface area contributed by atoms with Crippen LogP contribution in [0.2, 0.25) is 0 Å². The van der Waals surface area contributed by atoms with Crippen LogP contribution in [0.3, 0.4) is 0 Å². The van der Waals surface area contributed by atoms with E-state index < -0.39 is 0 Å². The Bertz CT molecular complexity index is 789. The molecule has 0 aliphatic carbocycles. The molecule has 0 unspecified atom stereocenters. The second-order valence-electron chi connectivity index (χ2n) is 8.34. The number of carbonyl (C=O) groups is 1. The van der Waals surface area contributed by atoms with Crippen molar-refractivity contribution in [3.8, 4) is 0 Å². The molecular formula is C22H30N4O2. The smallest absolute Gasteiger partial charge is 0.271 e. The minimum absolute atomic E-state index is 0.0175. The Morgan fingerprint density at radius 3 is 2.75 bits per heavy atom. The van der Waals surface area contributed by atoms with Crippen LogP contribution < -0.4 is 0 Å². The highest BCUT2D eigenvalue weighted by Crippen LogP contribution is 2.39. The first-order valence-electron chi connectivity index (χ1n) is 10.4. The average Bonchev–Trinajstić information content (AvgIpc) is 3.26. The molecule has 1 aromatic carbocycles. The molecule has 150 valence electrons. The van der Waals surface area contributed by atoms with Gasteiger partial charge >= 0.3 is 0 Å². The Morgan fingerprint density at radius 1 is 1.25 bits per heavy atom. The van der Waals surface area contributed by atoms with Crippen LogP contribution in [-0.4, -0.2) is 63.1 Å². The highest BCUT2D eigenvalue weighted by Gasteiger charge is 2.46. The number of amides is 1. The maximum absolute atomic E-state index is 12.8. The van der Waals surface area contributed by atoms with Crippen molar-refractivity contribution in [1.29, 1.82) is 0 Å². The molecule has 1 spiro atoms. The van der Waals surface area contributed by atoms with E-state index in [0.717, 1.165) is 51.9 Å². The summed E-state index contributed by atoms with van der Waals surface area (Å²) in [6.45, 7) is 6.14. The number of carbonyl (C=O) groups excluding carboxylic acids is 1. The Hall–Kier alpha value is -2.18. The summed E-state index contributed by atoms with van der Waals surface area (Å²) < 4.78 is 0. The number of aliphatic hydroxyl groups excluding tert-OH is 1. The highest BCUT2D eigenvalue weighted by molar-refractivity contribution is 5.92. The number of aromatic nitrogens is 2. The lowest BCUT2D eigenvalue weighted by molar-refractivity contribution is -0.0806. The van der Waals surface area contributed by atoms with E-state index >= 15 is 0 Å². The van der Waals surface area contributed by atoms with Gasteiger partial charge in [0, 0.05) is 38.1 Å². The predicted molar refractivity (Wildman–Crippen MR) is 108 cm³/mol. The second-order valence-corrected chi connectivity index (χ2v) is 8.34. The van der Waals surface area contributed by atoms with Crippen LogP contribution in [0.1, 0.15) is 47.8 Å². The van der Waals surface area contributed by atoms with Crippen molar-refractivity contribution in [2.75, 3.05) is 26.2 Å². The number of nitrogens with zero attached hydrogens (tertiary/aromatic N) is 3. The lowest BCUT2D eigenvalue weighted by Gasteiger charge is -2.51.